The number of ketones is 1. The molecule has 6 heteroatoms. The first-order chi connectivity index (χ1) is 10.6. The van der Waals surface area contributed by atoms with Crippen molar-refractivity contribution in [3.63, 3.8) is 0 Å². The number of rotatable bonds is 5. The summed E-state index contributed by atoms with van der Waals surface area (Å²) in [5.74, 6) is -0.172. The number of amides is 3. The van der Waals surface area contributed by atoms with Gasteiger partial charge < -0.3 is 16.0 Å². The number of primary amides is 1. The fourth-order valence-corrected chi connectivity index (χ4v) is 2.68. The minimum Gasteiger partial charge on any atom is -0.352 e. The average molecular weight is 303 g/mol. The van der Waals surface area contributed by atoms with Crippen molar-refractivity contribution in [3.05, 3.63) is 35.9 Å². The van der Waals surface area contributed by atoms with E-state index in [0.29, 0.717) is 19.5 Å². The van der Waals surface area contributed by atoms with Gasteiger partial charge in [-0.1, -0.05) is 30.3 Å². The lowest BCUT2D eigenvalue weighted by Crippen LogP contribution is -2.47. The van der Waals surface area contributed by atoms with Gasteiger partial charge in [0, 0.05) is 25.4 Å². The maximum atomic E-state index is 12.4. The van der Waals surface area contributed by atoms with Crippen molar-refractivity contribution in [1.29, 1.82) is 0 Å². The number of carbonyl (C=O) groups excluding carboxylic acids is 3. The zero-order valence-electron chi connectivity index (χ0n) is 12.5. The summed E-state index contributed by atoms with van der Waals surface area (Å²) >= 11 is 0. The number of nitrogens with zero attached hydrogens (tertiary/aromatic N) is 1. The largest absolute Gasteiger partial charge is 0.352 e. The van der Waals surface area contributed by atoms with Gasteiger partial charge in [0.05, 0.1) is 6.54 Å². The Balaban J connectivity index is 1.88. The van der Waals surface area contributed by atoms with Crippen LogP contribution in [0, 0.1) is 5.92 Å². The summed E-state index contributed by atoms with van der Waals surface area (Å²) in [6.07, 6.45) is 2.00. The second kappa shape index (κ2) is 7.59. The van der Waals surface area contributed by atoms with Crippen LogP contribution in [0.5, 0.6) is 0 Å². The summed E-state index contributed by atoms with van der Waals surface area (Å²) in [4.78, 5) is 36.6. The number of hydrogen-bond donors (Lipinski definition) is 2. The van der Waals surface area contributed by atoms with Crippen molar-refractivity contribution in [1.82, 2.24) is 10.2 Å². The Labute approximate surface area is 129 Å². The SMILES string of the molecule is NC(=O)NCC(=O)N1CCC[C@@H](C(=O)Cc2ccccc2)C1. The van der Waals surface area contributed by atoms with Crippen molar-refractivity contribution < 1.29 is 14.4 Å². The summed E-state index contributed by atoms with van der Waals surface area (Å²) in [7, 11) is 0. The number of piperidine rings is 1. The van der Waals surface area contributed by atoms with E-state index in [2.05, 4.69) is 5.32 Å². The van der Waals surface area contributed by atoms with Gasteiger partial charge in [0.1, 0.15) is 5.78 Å². The molecule has 1 aliphatic rings. The van der Waals surface area contributed by atoms with Gasteiger partial charge in [0.25, 0.3) is 0 Å². The van der Waals surface area contributed by atoms with Crippen molar-refractivity contribution in [2.24, 2.45) is 11.7 Å². The highest BCUT2D eigenvalue weighted by atomic mass is 16.2. The number of hydrogen-bond acceptors (Lipinski definition) is 3. The summed E-state index contributed by atoms with van der Waals surface area (Å²) in [6.45, 7) is 0.925. The van der Waals surface area contributed by atoms with Crippen LogP contribution in [0.15, 0.2) is 30.3 Å². The normalized spacial score (nSPS) is 17.8. The molecule has 0 spiro atoms. The molecule has 1 aromatic rings. The van der Waals surface area contributed by atoms with Crippen LogP contribution in [0.25, 0.3) is 0 Å². The van der Waals surface area contributed by atoms with Gasteiger partial charge in [0.15, 0.2) is 0 Å². The molecule has 0 aromatic heterocycles. The second-order valence-corrected chi connectivity index (χ2v) is 5.53. The highest BCUT2D eigenvalue weighted by Gasteiger charge is 2.28. The van der Waals surface area contributed by atoms with Crippen LogP contribution in [0.4, 0.5) is 4.79 Å². The molecule has 2 rings (SSSR count). The number of urea groups is 1. The van der Waals surface area contributed by atoms with Crippen LogP contribution in [-0.4, -0.2) is 42.3 Å². The molecular weight excluding hydrogens is 282 g/mol. The molecular formula is C16H21N3O3. The fourth-order valence-electron chi connectivity index (χ4n) is 2.68. The third-order valence-electron chi connectivity index (χ3n) is 3.86. The van der Waals surface area contributed by atoms with Gasteiger partial charge in [-0.15, -0.1) is 0 Å². The van der Waals surface area contributed by atoms with E-state index < -0.39 is 6.03 Å². The molecule has 0 saturated carbocycles. The van der Waals surface area contributed by atoms with E-state index in [4.69, 9.17) is 5.73 Å². The number of carbonyl (C=O) groups is 3. The molecule has 3 amide bonds. The Morgan fingerprint density at radius 3 is 2.64 bits per heavy atom. The highest BCUT2D eigenvalue weighted by molar-refractivity contribution is 5.86. The lowest BCUT2D eigenvalue weighted by molar-refractivity contribution is -0.134. The molecule has 3 N–H and O–H groups in total. The van der Waals surface area contributed by atoms with Crippen LogP contribution in [-0.2, 0) is 16.0 Å². The quantitative estimate of drug-likeness (QED) is 0.839. The topological polar surface area (TPSA) is 92.5 Å². The first-order valence-corrected chi connectivity index (χ1v) is 7.44. The van der Waals surface area contributed by atoms with Gasteiger partial charge in [-0.2, -0.15) is 0 Å². The second-order valence-electron chi connectivity index (χ2n) is 5.53. The number of nitrogens with one attached hydrogen (secondary N) is 1. The summed E-state index contributed by atoms with van der Waals surface area (Å²) in [5, 5.41) is 2.29. The van der Waals surface area contributed by atoms with Crippen LogP contribution in [0.1, 0.15) is 18.4 Å². The molecule has 1 aromatic carbocycles. The van der Waals surface area contributed by atoms with Crippen molar-refractivity contribution in [2.45, 2.75) is 19.3 Å². The van der Waals surface area contributed by atoms with Crippen molar-refractivity contribution in [2.75, 3.05) is 19.6 Å². The predicted molar refractivity (Wildman–Crippen MR) is 82.0 cm³/mol. The molecule has 6 nitrogen and oxygen atoms in total. The fraction of sp³-hybridized carbons (Fsp3) is 0.438. The summed E-state index contributed by atoms with van der Waals surface area (Å²) in [6, 6.07) is 8.88. The smallest absolute Gasteiger partial charge is 0.312 e. The van der Waals surface area contributed by atoms with Gasteiger partial charge in [-0.25, -0.2) is 4.79 Å². The van der Waals surface area contributed by atoms with E-state index in [1.54, 1.807) is 4.90 Å². The van der Waals surface area contributed by atoms with Gasteiger partial charge in [-0.3, -0.25) is 9.59 Å². The Kier molecular flexibility index (Phi) is 5.52. The van der Waals surface area contributed by atoms with Gasteiger partial charge in [-0.05, 0) is 18.4 Å². The lowest BCUT2D eigenvalue weighted by atomic mass is 9.90. The van der Waals surface area contributed by atoms with Crippen LogP contribution in [0.2, 0.25) is 0 Å². The van der Waals surface area contributed by atoms with Crippen LogP contribution < -0.4 is 11.1 Å². The van der Waals surface area contributed by atoms with E-state index in [1.807, 2.05) is 30.3 Å². The number of nitrogens with two attached hydrogens (primary N) is 1. The first kappa shape index (κ1) is 16.0. The van der Waals surface area contributed by atoms with Crippen molar-refractivity contribution >= 4 is 17.7 Å². The Bertz CT molecular complexity index is 545. The maximum Gasteiger partial charge on any atom is 0.312 e. The van der Waals surface area contributed by atoms with E-state index >= 15 is 0 Å². The van der Waals surface area contributed by atoms with E-state index in [0.717, 1.165) is 18.4 Å². The zero-order valence-corrected chi connectivity index (χ0v) is 12.5. The Morgan fingerprint density at radius 1 is 1.23 bits per heavy atom. The molecule has 1 fully saturated rings. The lowest BCUT2D eigenvalue weighted by Gasteiger charge is -2.32. The molecule has 118 valence electrons. The third-order valence-corrected chi connectivity index (χ3v) is 3.86. The van der Waals surface area contributed by atoms with Gasteiger partial charge in [0.2, 0.25) is 5.91 Å². The van der Waals surface area contributed by atoms with Gasteiger partial charge >= 0.3 is 6.03 Å². The Morgan fingerprint density at radius 2 is 1.95 bits per heavy atom. The highest BCUT2D eigenvalue weighted by Crippen LogP contribution is 2.19. The predicted octanol–water partition coefficient (Wildman–Crippen LogP) is 0.705. The molecule has 22 heavy (non-hydrogen) atoms. The monoisotopic (exact) mass is 303 g/mol. The number of Topliss-reactive ketones (excluding diaryl/α,β-unsaturated/α-hetero) is 1. The van der Waals surface area contributed by atoms with E-state index in [-0.39, 0.29) is 24.2 Å². The number of likely N-dealkylation sites (tertiary alicyclic amines) is 1. The van der Waals surface area contributed by atoms with Crippen LogP contribution >= 0.6 is 0 Å². The molecule has 1 aliphatic heterocycles. The first-order valence-electron chi connectivity index (χ1n) is 7.44. The van der Waals surface area contributed by atoms with E-state index in [1.165, 1.54) is 0 Å². The molecule has 0 bridgehead atoms. The maximum absolute atomic E-state index is 12.4. The summed E-state index contributed by atoms with van der Waals surface area (Å²) < 4.78 is 0. The summed E-state index contributed by atoms with van der Waals surface area (Å²) in [5.41, 5.74) is 5.95. The third kappa shape index (κ3) is 4.58. The molecule has 0 unspecified atom stereocenters. The Hall–Kier alpha value is -2.37. The minimum atomic E-state index is -0.720. The zero-order chi connectivity index (χ0) is 15.9. The average Bonchev–Trinajstić information content (AvgIpc) is 2.53. The number of benzene rings is 1. The molecule has 1 heterocycles. The minimum absolute atomic E-state index is 0.116. The molecule has 0 aliphatic carbocycles. The standard InChI is InChI=1S/C16H21N3O3/c17-16(22)18-10-15(21)19-8-4-7-13(11-19)14(20)9-12-5-2-1-3-6-12/h1-3,5-6,13H,4,7-11H2,(H3,17,18,22)/t13-/m1/s1. The molecule has 1 saturated heterocycles. The van der Waals surface area contributed by atoms with Crippen LogP contribution in [0.3, 0.4) is 0 Å². The van der Waals surface area contributed by atoms with E-state index in [9.17, 15) is 14.4 Å². The molecule has 1 atom stereocenters. The molecule has 0 radical (unpaired) electrons. The van der Waals surface area contributed by atoms with Crippen molar-refractivity contribution in [3.8, 4) is 0 Å².